The van der Waals surface area contributed by atoms with Gasteiger partial charge in [-0.1, -0.05) is 11.3 Å². The first kappa shape index (κ1) is 12.1. The Kier molecular flexibility index (Phi) is 3.80. The molecule has 0 atom stereocenters. The normalized spacial score (nSPS) is 16.8. The van der Waals surface area contributed by atoms with Gasteiger partial charge >= 0.3 is 0 Å². The highest BCUT2D eigenvalue weighted by atomic mass is 32.1. The molecule has 0 spiro atoms. The first-order chi connectivity index (χ1) is 8.20. The zero-order valence-electron chi connectivity index (χ0n) is 9.66. The number of nitrogens with one attached hydrogen (secondary N) is 2. The number of carbonyl (C=O) groups excluding carboxylic acids is 1. The Morgan fingerprint density at radius 3 is 2.82 bits per heavy atom. The molecule has 1 aromatic heterocycles. The van der Waals surface area contributed by atoms with E-state index in [1.165, 1.54) is 11.3 Å². The van der Waals surface area contributed by atoms with E-state index in [1.807, 2.05) is 0 Å². The predicted molar refractivity (Wildman–Crippen MR) is 67.4 cm³/mol. The molecule has 0 unspecified atom stereocenters. The highest BCUT2D eigenvalue weighted by Gasteiger charge is 2.20. The van der Waals surface area contributed by atoms with E-state index >= 15 is 0 Å². The Balaban J connectivity index is 2.00. The van der Waals surface area contributed by atoms with Crippen LogP contribution >= 0.6 is 11.3 Å². The lowest BCUT2D eigenvalue weighted by Crippen LogP contribution is -2.38. The molecule has 4 N–H and O–H groups in total. The largest absolute Gasteiger partial charge is 0.382 e. The van der Waals surface area contributed by atoms with E-state index in [4.69, 9.17) is 10.5 Å². The molecular weight excluding hydrogens is 240 g/mol. The Bertz CT molecular complexity index is 401. The molecule has 1 saturated heterocycles. The summed E-state index contributed by atoms with van der Waals surface area (Å²) >= 11 is 1.27. The molecule has 0 saturated carbocycles. The molecule has 0 bridgehead atoms. The highest BCUT2D eigenvalue weighted by molar-refractivity contribution is 7.18. The van der Waals surface area contributed by atoms with Crippen molar-refractivity contribution in [3.05, 3.63) is 4.88 Å². The lowest BCUT2D eigenvalue weighted by molar-refractivity contribution is 0.0698. The van der Waals surface area contributed by atoms with Gasteiger partial charge in [0.25, 0.3) is 5.91 Å². The number of amides is 1. The van der Waals surface area contributed by atoms with Gasteiger partial charge in [-0.2, -0.15) is 0 Å². The fourth-order valence-electron chi connectivity index (χ4n) is 1.69. The molecule has 94 valence electrons. The maximum Gasteiger partial charge on any atom is 0.265 e. The second-order valence-electron chi connectivity index (χ2n) is 3.84. The predicted octanol–water partition coefficient (Wildman–Crippen LogP) is 0.676. The molecule has 2 rings (SSSR count). The van der Waals surface area contributed by atoms with E-state index in [-0.39, 0.29) is 17.8 Å². The topological polar surface area (TPSA) is 89.3 Å². The third-order valence-corrected chi connectivity index (χ3v) is 3.72. The summed E-state index contributed by atoms with van der Waals surface area (Å²) in [5, 5.41) is 6.48. The lowest BCUT2D eigenvalue weighted by Gasteiger charge is -2.22. The molecule has 1 aromatic rings. The van der Waals surface area contributed by atoms with Gasteiger partial charge < -0.3 is 21.1 Å². The van der Waals surface area contributed by atoms with Crippen LogP contribution in [0.4, 0.5) is 10.9 Å². The molecule has 1 aliphatic rings. The van der Waals surface area contributed by atoms with Crippen LogP contribution in [0.5, 0.6) is 0 Å². The number of anilines is 2. The second-order valence-corrected chi connectivity index (χ2v) is 4.84. The van der Waals surface area contributed by atoms with Crippen LogP contribution in [0.15, 0.2) is 0 Å². The number of thiazole rings is 1. The molecule has 2 heterocycles. The first-order valence-corrected chi connectivity index (χ1v) is 6.35. The van der Waals surface area contributed by atoms with E-state index in [0.29, 0.717) is 23.2 Å². The molecule has 1 aliphatic heterocycles. The van der Waals surface area contributed by atoms with Crippen molar-refractivity contribution in [3.63, 3.8) is 0 Å². The van der Waals surface area contributed by atoms with Crippen LogP contribution in [0.3, 0.4) is 0 Å². The van der Waals surface area contributed by atoms with Gasteiger partial charge in [0, 0.05) is 26.3 Å². The average Bonchev–Trinajstić information content (AvgIpc) is 2.72. The van der Waals surface area contributed by atoms with Crippen LogP contribution in [-0.2, 0) is 4.74 Å². The molecule has 17 heavy (non-hydrogen) atoms. The minimum Gasteiger partial charge on any atom is -0.382 e. The molecular formula is C10H16N4O2S. The summed E-state index contributed by atoms with van der Waals surface area (Å²) in [5.41, 5.74) is 5.70. The van der Waals surface area contributed by atoms with Crippen molar-refractivity contribution in [2.24, 2.45) is 0 Å². The number of hydrogen-bond acceptors (Lipinski definition) is 6. The van der Waals surface area contributed by atoms with Crippen LogP contribution < -0.4 is 16.4 Å². The lowest BCUT2D eigenvalue weighted by atomic mass is 10.1. The second kappa shape index (κ2) is 5.33. The quantitative estimate of drug-likeness (QED) is 0.740. The molecule has 1 amide bonds. The van der Waals surface area contributed by atoms with Crippen molar-refractivity contribution in [1.82, 2.24) is 10.3 Å². The Labute approximate surface area is 104 Å². The zero-order valence-corrected chi connectivity index (χ0v) is 10.5. The van der Waals surface area contributed by atoms with E-state index in [0.717, 1.165) is 12.8 Å². The summed E-state index contributed by atoms with van der Waals surface area (Å²) in [6, 6.07) is 0.177. The van der Waals surface area contributed by atoms with Crippen molar-refractivity contribution >= 4 is 28.2 Å². The first-order valence-electron chi connectivity index (χ1n) is 5.53. The van der Waals surface area contributed by atoms with Crippen LogP contribution in [0.2, 0.25) is 0 Å². The Morgan fingerprint density at radius 1 is 1.53 bits per heavy atom. The summed E-state index contributed by atoms with van der Waals surface area (Å²) in [6.07, 6.45) is 1.70. The van der Waals surface area contributed by atoms with Crippen molar-refractivity contribution < 1.29 is 9.53 Å². The maximum absolute atomic E-state index is 12.0. The SMILES string of the molecule is CNc1nc(N)c(C(=O)NC2CCOCC2)s1. The summed E-state index contributed by atoms with van der Waals surface area (Å²) in [4.78, 5) is 16.5. The van der Waals surface area contributed by atoms with Gasteiger partial charge in [-0.05, 0) is 12.8 Å². The summed E-state index contributed by atoms with van der Waals surface area (Å²) < 4.78 is 5.24. The maximum atomic E-state index is 12.0. The number of ether oxygens (including phenoxy) is 1. The molecule has 0 aromatic carbocycles. The number of nitrogens with two attached hydrogens (primary N) is 1. The van der Waals surface area contributed by atoms with E-state index in [1.54, 1.807) is 7.05 Å². The number of hydrogen-bond donors (Lipinski definition) is 3. The van der Waals surface area contributed by atoms with E-state index in [9.17, 15) is 4.79 Å². The fraction of sp³-hybridized carbons (Fsp3) is 0.600. The van der Waals surface area contributed by atoms with Gasteiger partial charge in [0.15, 0.2) is 5.13 Å². The summed E-state index contributed by atoms with van der Waals surface area (Å²) in [7, 11) is 1.75. The molecule has 0 radical (unpaired) electrons. The van der Waals surface area contributed by atoms with Crippen LogP contribution in [-0.4, -0.2) is 37.2 Å². The third-order valence-electron chi connectivity index (χ3n) is 2.63. The average molecular weight is 256 g/mol. The van der Waals surface area contributed by atoms with Crippen LogP contribution in [0.25, 0.3) is 0 Å². The number of carbonyl (C=O) groups is 1. The van der Waals surface area contributed by atoms with E-state index in [2.05, 4.69) is 15.6 Å². The monoisotopic (exact) mass is 256 g/mol. The van der Waals surface area contributed by atoms with Gasteiger partial charge in [-0.25, -0.2) is 4.98 Å². The van der Waals surface area contributed by atoms with Crippen molar-refractivity contribution in [2.45, 2.75) is 18.9 Å². The van der Waals surface area contributed by atoms with E-state index < -0.39 is 0 Å². The number of nitrogen functional groups attached to an aromatic ring is 1. The molecule has 0 aliphatic carbocycles. The summed E-state index contributed by atoms with van der Waals surface area (Å²) in [6.45, 7) is 1.40. The smallest absolute Gasteiger partial charge is 0.265 e. The van der Waals surface area contributed by atoms with Crippen LogP contribution in [0, 0.1) is 0 Å². The molecule has 6 nitrogen and oxygen atoms in total. The van der Waals surface area contributed by atoms with Gasteiger partial charge in [0.05, 0.1) is 0 Å². The van der Waals surface area contributed by atoms with Crippen molar-refractivity contribution in [1.29, 1.82) is 0 Å². The van der Waals surface area contributed by atoms with Crippen LogP contribution in [0.1, 0.15) is 22.5 Å². The highest BCUT2D eigenvalue weighted by Crippen LogP contribution is 2.24. The minimum atomic E-state index is -0.145. The number of nitrogens with zero attached hydrogens (tertiary/aromatic N) is 1. The standard InChI is InChI=1S/C10H16N4O2S/c1-12-10-14-8(11)7(17-10)9(15)13-6-2-4-16-5-3-6/h6H,2-5,11H2,1H3,(H,12,14)(H,13,15). The van der Waals surface area contributed by atoms with Crippen molar-refractivity contribution in [3.8, 4) is 0 Å². The van der Waals surface area contributed by atoms with Crippen molar-refractivity contribution in [2.75, 3.05) is 31.3 Å². The van der Waals surface area contributed by atoms with Gasteiger partial charge in [0.1, 0.15) is 10.7 Å². The van der Waals surface area contributed by atoms with Gasteiger partial charge in [0.2, 0.25) is 0 Å². The minimum absolute atomic E-state index is 0.145. The molecule has 1 fully saturated rings. The molecule has 7 heteroatoms. The Morgan fingerprint density at radius 2 is 2.24 bits per heavy atom. The zero-order chi connectivity index (χ0) is 12.3. The fourth-order valence-corrected chi connectivity index (χ4v) is 2.44. The number of rotatable bonds is 3. The van der Waals surface area contributed by atoms with Gasteiger partial charge in [-0.15, -0.1) is 0 Å². The third kappa shape index (κ3) is 2.86. The Hall–Kier alpha value is -1.34. The number of aromatic nitrogens is 1. The summed E-state index contributed by atoms with van der Waals surface area (Å²) in [5.74, 6) is 0.136. The van der Waals surface area contributed by atoms with Gasteiger partial charge in [-0.3, -0.25) is 4.79 Å².